The van der Waals surface area contributed by atoms with Crippen LogP contribution in [0.4, 0.5) is 4.79 Å². The van der Waals surface area contributed by atoms with E-state index in [1.165, 1.54) is 0 Å². The van der Waals surface area contributed by atoms with Crippen molar-refractivity contribution in [1.29, 1.82) is 0 Å². The highest BCUT2D eigenvalue weighted by Crippen LogP contribution is 1.98. The van der Waals surface area contributed by atoms with Gasteiger partial charge in [-0.2, -0.15) is 0 Å². The summed E-state index contributed by atoms with van der Waals surface area (Å²) in [5.41, 5.74) is 4.94. The molecule has 0 aromatic rings. The van der Waals surface area contributed by atoms with Gasteiger partial charge in [0.2, 0.25) is 5.91 Å². The number of carbonyl (C=O) groups excluding carboxylic acids is 2. The predicted molar refractivity (Wildman–Crippen MR) is 73.6 cm³/mol. The van der Waals surface area contributed by atoms with Gasteiger partial charge in [0.05, 0.1) is 19.6 Å². The minimum absolute atomic E-state index is 0.161. The van der Waals surface area contributed by atoms with Gasteiger partial charge in [0.25, 0.3) is 0 Å². The highest BCUT2D eigenvalue weighted by molar-refractivity contribution is 5.87. The van der Waals surface area contributed by atoms with E-state index in [1.807, 2.05) is 6.92 Å². The average Bonchev–Trinajstić information content (AvgIpc) is 2.38. The first-order valence-electron chi connectivity index (χ1n) is 6.76. The number of ether oxygens (including phenoxy) is 1. The lowest BCUT2D eigenvalue weighted by molar-refractivity contribution is -0.140. The Morgan fingerprint density at radius 1 is 1.29 bits per heavy atom. The Morgan fingerprint density at radius 3 is 2.43 bits per heavy atom. The molecule has 1 fully saturated rings. The zero-order valence-electron chi connectivity index (χ0n) is 12.0. The molecule has 1 heterocycles. The number of rotatable bonds is 7. The molecule has 1 saturated heterocycles. The summed E-state index contributed by atoms with van der Waals surface area (Å²) in [4.78, 5) is 35.5. The van der Waals surface area contributed by atoms with Gasteiger partial charge in [-0.3, -0.25) is 9.69 Å². The van der Waals surface area contributed by atoms with Crippen LogP contribution in [0.5, 0.6) is 0 Å². The quantitative estimate of drug-likeness (QED) is 0.444. The summed E-state index contributed by atoms with van der Waals surface area (Å²) in [6, 6.07) is -2.12. The van der Waals surface area contributed by atoms with Crippen molar-refractivity contribution in [3.63, 3.8) is 0 Å². The highest BCUT2D eigenvalue weighted by atomic mass is 16.5. The molecule has 3 amide bonds. The van der Waals surface area contributed by atoms with Crippen LogP contribution < -0.4 is 16.4 Å². The SMILES string of the molecule is CC(CN1CCOCC1)NC(=O)N[C@@H](CC(N)=O)C(=O)O. The number of amides is 3. The Kier molecular flexibility index (Phi) is 6.89. The third-order valence-corrected chi connectivity index (χ3v) is 3.02. The zero-order chi connectivity index (χ0) is 15.8. The topological polar surface area (TPSA) is 134 Å². The fraction of sp³-hybridized carbons (Fsp3) is 0.750. The van der Waals surface area contributed by atoms with Crippen molar-refractivity contribution in [2.75, 3.05) is 32.8 Å². The van der Waals surface area contributed by atoms with Gasteiger partial charge in [-0.05, 0) is 6.92 Å². The normalized spacial score (nSPS) is 18.5. The number of hydrogen-bond acceptors (Lipinski definition) is 5. The molecule has 9 nitrogen and oxygen atoms in total. The molecule has 9 heteroatoms. The Morgan fingerprint density at radius 2 is 1.90 bits per heavy atom. The number of nitrogens with one attached hydrogen (secondary N) is 2. The summed E-state index contributed by atoms with van der Waals surface area (Å²) in [6.45, 7) is 5.39. The van der Waals surface area contributed by atoms with Crippen LogP contribution >= 0.6 is 0 Å². The first-order valence-corrected chi connectivity index (χ1v) is 6.76. The lowest BCUT2D eigenvalue weighted by Gasteiger charge is -2.29. The molecule has 0 spiro atoms. The third-order valence-electron chi connectivity index (χ3n) is 3.02. The molecule has 1 aliphatic rings. The monoisotopic (exact) mass is 302 g/mol. The zero-order valence-corrected chi connectivity index (χ0v) is 12.0. The van der Waals surface area contributed by atoms with Crippen molar-refractivity contribution in [3.8, 4) is 0 Å². The molecule has 5 N–H and O–H groups in total. The molecule has 2 atom stereocenters. The standard InChI is InChI=1S/C12H22N4O5/c1-8(7-16-2-4-21-5-3-16)14-12(20)15-9(11(18)19)6-10(13)17/h8-9H,2-7H2,1H3,(H2,13,17)(H,18,19)(H2,14,15,20)/t8?,9-/m0/s1. The van der Waals surface area contributed by atoms with Gasteiger partial charge in [-0.25, -0.2) is 9.59 Å². The van der Waals surface area contributed by atoms with Crippen LogP contribution in [0, 0.1) is 0 Å². The predicted octanol–water partition coefficient (Wildman–Crippen LogP) is -1.67. The van der Waals surface area contributed by atoms with Crippen LogP contribution in [0.2, 0.25) is 0 Å². The summed E-state index contributed by atoms with van der Waals surface area (Å²) < 4.78 is 5.23. The molecular weight excluding hydrogens is 280 g/mol. The number of carboxylic acids is 1. The van der Waals surface area contributed by atoms with E-state index in [-0.39, 0.29) is 6.04 Å². The van der Waals surface area contributed by atoms with Gasteiger partial charge in [0, 0.05) is 25.7 Å². The van der Waals surface area contributed by atoms with Crippen LogP contribution in [0.1, 0.15) is 13.3 Å². The molecule has 0 bridgehead atoms. The molecule has 1 aliphatic heterocycles. The van der Waals surface area contributed by atoms with Crippen molar-refractivity contribution in [2.24, 2.45) is 5.73 Å². The molecule has 0 aliphatic carbocycles. The van der Waals surface area contributed by atoms with E-state index >= 15 is 0 Å². The van der Waals surface area contributed by atoms with E-state index in [0.29, 0.717) is 19.8 Å². The average molecular weight is 302 g/mol. The lowest BCUT2D eigenvalue weighted by atomic mass is 10.2. The van der Waals surface area contributed by atoms with E-state index in [4.69, 9.17) is 15.6 Å². The first-order chi connectivity index (χ1) is 9.88. The van der Waals surface area contributed by atoms with Crippen LogP contribution in [0.25, 0.3) is 0 Å². The number of morpholine rings is 1. The van der Waals surface area contributed by atoms with Gasteiger partial charge in [0.15, 0.2) is 0 Å². The Balaban J connectivity index is 2.36. The fourth-order valence-electron chi connectivity index (χ4n) is 2.04. The second kappa shape index (κ2) is 8.42. The van der Waals surface area contributed by atoms with Crippen LogP contribution in [-0.2, 0) is 14.3 Å². The molecular formula is C12H22N4O5. The number of nitrogens with two attached hydrogens (primary N) is 1. The van der Waals surface area contributed by atoms with Crippen molar-refractivity contribution >= 4 is 17.9 Å². The molecule has 0 aromatic carbocycles. The van der Waals surface area contributed by atoms with Crippen molar-refractivity contribution < 1.29 is 24.2 Å². The van der Waals surface area contributed by atoms with Crippen LogP contribution in [0.3, 0.4) is 0 Å². The van der Waals surface area contributed by atoms with Crippen LogP contribution in [0.15, 0.2) is 0 Å². The summed E-state index contributed by atoms with van der Waals surface area (Å²) in [5.74, 6) is -2.09. The largest absolute Gasteiger partial charge is 0.480 e. The van der Waals surface area contributed by atoms with Gasteiger partial charge in [0.1, 0.15) is 6.04 Å². The summed E-state index contributed by atoms with van der Waals surface area (Å²) in [6.07, 6.45) is -0.444. The van der Waals surface area contributed by atoms with Crippen molar-refractivity contribution in [1.82, 2.24) is 15.5 Å². The number of primary amides is 1. The van der Waals surface area contributed by atoms with Gasteiger partial charge in [-0.15, -0.1) is 0 Å². The maximum Gasteiger partial charge on any atom is 0.326 e. The third kappa shape index (κ3) is 6.91. The Bertz CT molecular complexity index is 384. The molecule has 21 heavy (non-hydrogen) atoms. The number of nitrogens with zero attached hydrogens (tertiary/aromatic N) is 1. The second-order valence-electron chi connectivity index (χ2n) is 4.99. The second-order valence-corrected chi connectivity index (χ2v) is 4.99. The van der Waals surface area contributed by atoms with E-state index in [1.54, 1.807) is 0 Å². The smallest absolute Gasteiger partial charge is 0.326 e. The Hall–Kier alpha value is -1.87. The number of aliphatic carboxylic acids is 1. The molecule has 0 radical (unpaired) electrons. The highest BCUT2D eigenvalue weighted by Gasteiger charge is 2.23. The van der Waals surface area contributed by atoms with Gasteiger partial charge < -0.3 is 26.2 Å². The van der Waals surface area contributed by atoms with E-state index in [9.17, 15) is 14.4 Å². The summed E-state index contributed by atoms with van der Waals surface area (Å²) in [5, 5.41) is 13.8. The minimum atomic E-state index is -1.32. The number of carboxylic acid groups (broad SMARTS) is 1. The molecule has 1 unspecified atom stereocenters. The maximum atomic E-state index is 11.7. The lowest BCUT2D eigenvalue weighted by Crippen LogP contribution is -2.52. The van der Waals surface area contributed by atoms with E-state index in [0.717, 1.165) is 13.1 Å². The van der Waals surface area contributed by atoms with Crippen LogP contribution in [-0.4, -0.2) is 72.8 Å². The number of carbonyl (C=O) groups is 3. The molecule has 0 aromatic heterocycles. The van der Waals surface area contributed by atoms with E-state index < -0.39 is 30.4 Å². The van der Waals surface area contributed by atoms with Crippen molar-refractivity contribution in [2.45, 2.75) is 25.4 Å². The first kappa shape index (κ1) is 17.2. The maximum absolute atomic E-state index is 11.7. The molecule has 120 valence electrons. The number of hydrogen-bond donors (Lipinski definition) is 4. The fourth-order valence-corrected chi connectivity index (χ4v) is 2.04. The van der Waals surface area contributed by atoms with Gasteiger partial charge >= 0.3 is 12.0 Å². The van der Waals surface area contributed by atoms with Gasteiger partial charge in [-0.1, -0.05) is 0 Å². The molecule has 0 saturated carbocycles. The summed E-state index contributed by atoms with van der Waals surface area (Å²) in [7, 11) is 0. The van der Waals surface area contributed by atoms with Crippen molar-refractivity contribution in [3.05, 3.63) is 0 Å². The Labute approximate surface area is 122 Å². The van der Waals surface area contributed by atoms with E-state index in [2.05, 4.69) is 15.5 Å². The molecule has 1 rings (SSSR count). The number of urea groups is 1. The summed E-state index contributed by atoms with van der Waals surface area (Å²) >= 11 is 0. The minimum Gasteiger partial charge on any atom is -0.480 e.